The molecule has 1 nitrogen and oxygen atoms in total. The van der Waals surface area contributed by atoms with Gasteiger partial charge in [-0.1, -0.05) is 52.7 Å². The van der Waals surface area contributed by atoms with Gasteiger partial charge in [0, 0.05) is 5.92 Å². The number of alkyl halides is 1. The Morgan fingerprint density at radius 2 is 2.07 bits per heavy atom. The van der Waals surface area contributed by atoms with Gasteiger partial charge < -0.3 is 0 Å². The first-order valence-electron chi connectivity index (χ1n) is 4.73. The van der Waals surface area contributed by atoms with Crippen LogP contribution in [0.1, 0.15) is 30.9 Å². The summed E-state index contributed by atoms with van der Waals surface area (Å²) in [4.78, 5) is 11.1. The molecule has 2 heteroatoms. The average Bonchev–Trinajstić information content (AvgIpc) is 2.15. The summed E-state index contributed by atoms with van der Waals surface area (Å²) < 4.78 is 0. The van der Waals surface area contributed by atoms with Crippen molar-refractivity contribution in [3.05, 3.63) is 35.4 Å². The molecular weight excluding hydrogens is 240 g/mol. The molecule has 14 heavy (non-hydrogen) atoms. The zero-order valence-electron chi connectivity index (χ0n) is 8.75. The number of aryl methyl sites for hydroxylation is 1. The van der Waals surface area contributed by atoms with Crippen LogP contribution >= 0.6 is 15.9 Å². The number of ketones is 1. The van der Waals surface area contributed by atoms with Gasteiger partial charge >= 0.3 is 0 Å². The minimum absolute atomic E-state index is 0.0794. The molecule has 2 unspecified atom stereocenters. The highest BCUT2D eigenvalue weighted by atomic mass is 79.9. The van der Waals surface area contributed by atoms with E-state index in [1.807, 2.05) is 6.07 Å². The summed E-state index contributed by atoms with van der Waals surface area (Å²) in [7, 11) is 0. The van der Waals surface area contributed by atoms with Gasteiger partial charge in [0.2, 0.25) is 0 Å². The van der Waals surface area contributed by atoms with Crippen LogP contribution in [-0.2, 0) is 4.79 Å². The zero-order valence-corrected chi connectivity index (χ0v) is 10.3. The first kappa shape index (κ1) is 11.4. The number of hydrogen-bond donors (Lipinski definition) is 0. The largest absolute Gasteiger partial charge is 0.299 e. The number of Topliss-reactive ketones (excluding diaryl/α,β-unsaturated/α-hetero) is 1. The smallest absolute Gasteiger partial charge is 0.144 e. The maximum Gasteiger partial charge on any atom is 0.144 e. The van der Waals surface area contributed by atoms with Crippen molar-refractivity contribution in [2.45, 2.75) is 31.5 Å². The Hall–Kier alpha value is -0.630. The molecule has 0 spiro atoms. The standard InChI is InChI=1S/C12H15BrO/c1-8-5-4-6-11(7-8)9(2)12(13)10(3)14/h4-7,9,12H,1-3H3. The van der Waals surface area contributed by atoms with E-state index < -0.39 is 0 Å². The number of hydrogen-bond acceptors (Lipinski definition) is 1. The van der Waals surface area contributed by atoms with E-state index in [1.165, 1.54) is 11.1 Å². The highest BCUT2D eigenvalue weighted by Gasteiger charge is 2.19. The van der Waals surface area contributed by atoms with Crippen molar-refractivity contribution >= 4 is 21.7 Å². The lowest BCUT2D eigenvalue weighted by atomic mass is 9.95. The van der Waals surface area contributed by atoms with Gasteiger partial charge in [0.1, 0.15) is 5.78 Å². The minimum Gasteiger partial charge on any atom is -0.299 e. The van der Waals surface area contributed by atoms with Crippen LogP contribution in [0.2, 0.25) is 0 Å². The minimum atomic E-state index is -0.0794. The van der Waals surface area contributed by atoms with Gasteiger partial charge in [-0.05, 0) is 19.4 Å². The Kier molecular flexibility index (Phi) is 3.87. The normalized spacial score (nSPS) is 14.9. The van der Waals surface area contributed by atoms with E-state index in [4.69, 9.17) is 0 Å². The van der Waals surface area contributed by atoms with E-state index in [2.05, 4.69) is 48.0 Å². The first-order chi connectivity index (χ1) is 6.52. The molecule has 0 aromatic heterocycles. The van der Waals surface area contributed by atoms with Crippen LogP contribution in [0.5, 0.6) is 0 Å². The van der Waals surface area contributed by atoms with Crippen molar-refractivity contribution in [2.24, 2.45) is 0 Å². The van der Waals surface area contributed by atoms with Crippen molar-refractivity contribution in [2.75, 3.05) is 0 Å². The average molecular weight is 255 g/mol. The molecule has 0 saturated carbocycles. The molecule has 1 rings (SSSR count). The van der Waals surface area contributed by atoms with Gasteiger partial charge in [-0.2, -0.15) is 0 Å². The fourth-order valence-electron chi connectivity index (χ4n) is 1.47. The second-order valence-electron chi connectivity index (χ2n) is 3.72. The second-order valence-corrected chi connectivity index (χ2v) is 4.70. The van der Waals surface area contributed by atoms with Crippen LogP contribution in [0.3, 0.4) is 0 Å². The predicted octanol–water partition coefficient (Wildman–Crippen LogP) is 3.45. The van der Waals surface area contributed by atoms with Crippen LogP contribution in [0.4, 0.5) is 0 Å². The second kappa shape index (κ2) is 4.74. The predicted molar refractivity (Wildman–Crippen MR) is 63.0 cm³/mol. The Bertz CT molecular complexity index is 333. The Morgan fingerprint density at radius 1 is 1.43 bits per heavy atom. The van der Waals surface area contributed by atoms with Gasteiger partial charge in [-0.25, -0.2) is 0 Å². The maximum atomic E-state index is 11.2. The summed E-state index contributed by atoms with van der Waals surface area (Å²) in [5, 5.41) is 0. The summed E-state index contributed by atoms with van der Waals surface area (Å²) in [5.74, 6) is 0.409. The van der Waals surface area contributed by atoms with E-state index >= 15 is 0 Å². The highest BCUT2D eigenvalue weighted by Crippen LogP contribution is 2.25. The van der Waals surface area contributed by atoms with Gasteiger partial charge in [0.15, 0.2) is 0 Å². The fourth-order valence-corrected chi connectivity index (χ4v) is 1.78. The molecule has 76 valence electrons. The molecule has 0 fully saturated rings. The summed E-state index contributed by atoms with van der Waals surface area (Å²) in [6.45, 7) is 5.74. The maximum absolute atomic E-state index is 11.2. The van der Waals surface area contributed by atoms with Gasteiger partial charge in [0.25, 0.3) is 0 Å². The third kappa shape index (κ3) is 2.68. The van der Waals surface area contributed by atoms with E-state index in [9.17, 15) is 4.79 Å². The molecule has 0 aliphatic rings. The van der Waals surface area contributed by atoms with Crippen molar-refractivity contribution in [3.8, 4) is 0 Å². The third-order valence-electron chi connectivity index (χ3n) is 2.40. The molecule has 0 N–H and O–H groups in total. The number of carbonyl (C=O) groups excluding carboxylic acids is 1. The van der Waals surface area contributed by atoms with E-state index in [0.717, 1.165) is 0 Å². The third-order valence-corrected chi connectivity index (χ3v) is 3.83. The van der Waals surface area contributed by atoms with E-state index in [-0.39, 0.29) is 16.5 Å². The van der Waals surface area contributed by atoms with Gasteiger partial charge in [0.05, 0.1) is 4.83 Å². The highest BCUT2D eigenvalue weighted by molar-refractivity contribution is 9.10. The Morgan fingerprint density at radius 3 is 2.57 bits per heavy atom. The molecule has 0 bridgehead atoms. The number of benzene rings is 1. The lowest BCUT2D eigenvalue weighted by Crippen LogP contribution is -2.17. The quantitative estimate of drug-likeness (QED) is 0.756. The van der Waals surface area contributed by atoms with Gasteiger partial charge in [-0.15, -0.1) is 0 Å². The molecule has 0 radical (unpaired) electrons. The van der Waals surface area contributed by atoms with Crippen molar-refractivity contribution < 1.29 is 4.79 Å². The summed E-state index contributed by atoms with van der Waals surface area (Å²) >= 11 is 3.42. The van der Waals surface area contributed by atoms with Crippen LogP contribution in [0.15, 0.2) is 24.3 Å². The molecular formula is C12H15BrO. The Balaban J connectivity index is 2.89. The molecule has 1 aromatic carbocycles. The molecule has 0 heterocycles. The fraction of sp³-hybridized carbons (Fsp3) is 0.417. The molecule has 1 aromatic rings. The van der Waals surface area contributed by atoms with Gasteiger partial charge in [-0.3, -0.25) is 4.79 Å². The molecule has 0 aliphatic heterocycles. The van der Waals surface area contributed by atoms with Crippen LogP contribution in [0, 0.1) is 6.92 Å². The lowest BCUT2D eigenvalue weighted by Gasteiger charge is -2.16. The van der Waals surface area contributed by atoms with Crippen LogP contribution < -0.4 is 0 Å². The summed E-state index contributed by atoms with van der Waals surface area (Å²) in [5.41, 5.74) is 2.44. The monoisotopic (exact) mass is 254 g/mol. The molecule has 0 saturated heterocycles. The topological polar surface area (TPSA) is 17.1 Å². The Labute approximate surface area is 93.7 Å². The lowest BCUT2D eigenvalue weighted by molar-refractivity contribution is -0.116. The first-order valence-corrected chi connectivity index (χ1v) is 5.65. The van der Waals surface area contributed by atoms with Crippen molar-refractivity contribution in [1.29, 1.82) is 0 Å². The zero-order chi connectivity index (χ0) is 10.7. The van der Waals surface area contributed by atoms with E-state index in [0.29, 0.717) is 0 Å². The molecule has 0 aliphatic carbocycles. The van der Waals surface area contributed by atoms with Crippen LogP contribution in [-0.4, -0.2) is 10.6 Å². The van der Waals surface area contributed by atoms with Crippen molar-refractivity contribution in [1.82, 2.24) is 0 Å². The molecule has 2 atom stereocenters. The van der Waals surface area contributed by atoms with E-state index in [1.54, 1.807) is 6.92 Å². The van der Waals surface area contributed by atoms with Crippen molar-refractivity contribution in [3.63, 3.8) is 0 Å². The van der Waals surface area contributed by atoms with Crippen LogP contribution in [0.25, 0.3) is 0 Å². The summed E-state index contributed by atoms with van der Waals surface area (Å²) in [6.07, 6.45) is 0. The molecule has 0 amide bonds. The number of halogens is 1. The number of rotatable bonds is 3. The number of carbonyl (C=O) groups is 1. The SMILES string of the molecule is CC(=O)C(Br)C(C)c1cccc(C)c1. The summed E-state index contributed by atoms with van der Waals surface area (Å²) in [6, 6.07) is 8.28.